The number of amides is 1. The van der Waals surface area contributed by atoms with Crippen molar-refractivity contribution in [3.63, 3.8) is 0 Å². The fourth-order valence-electron chi connectivity index (χ4n) is 3.56. The number of benzene rings is 3. The summed E-state index contributed by atoms with van der Waals surface area (Å²) >= 11 is 1.44. The maximum absolute atomic E-state index is 13.2. The monoisotopic (exact) mass is 436 g/mol. The summed E-state index contributed by atoms with van der Waals surface area (Å²) in [6.45, 7) is 3.68. The first kappa shape index (κ1) is 21.1. The van der Waals surface area contributed by atoms with Crippen LogP contribution < -0.4 is 14.3 Å². The van der Waals surface area contributed by atoms with Gasteiger partial charge in [-0.15, -0.1) is 0 Å². The van der Waals surface area contributed by atoms with Gasteiger partial charge in [0.25, 0.3) is 5.91 Å². The number of nitrogens with zero attached hydrogens (tertiary/aromatic N) is 2. The highest BCUT2D eigenvalue weighted by molar-refractivity contribution is 7.16. The summed E-state index contributed by atoms with van der Waals surface area (Å²) in [5.74, 6) is 0.998. The highest BCUT2D eigenvalue weighted by Gasteiger charge is 2.15. The van der Waals surface area contributed by atoms with E-state index in [0.717, 1.165) is 21.0 Å². The van der Waals surface area contributed by atoms with Crippen LogP contribution in [0.2, 0.25) is 0 Å². The van der Waals surface area contributed by atoms with Gasteiger partial charge in [-0.1, -0.05) is 47.7 Å². The van der Waals surface area contributed by atoms with Crippen LogP contribution in [-0.2, 0) is 11.3 Å². The largest absolute Gasteiger partial charge is 0.493 e. The van der Waals surface area contributed by atoms with Crippen molar-refractivity contribution in [2.75, 3.05) is 27.4 Å². The van der Waals surface area contributed by atoms with Gasteiger partial charge in [0.2, 0.25) is 0 Å². The lowest BCUT2D eigenvalue weighted by molar-refractivity contribution is 0.0998. The minimum Gasteiger partial charge on any atom is -0.493 e. The first-order chi connectivity index (χ1) is 15.2. The molecule has 3 aromatic carbocycles. The lowest BCUT2D eigenvalue weighted by Gasteiger charge is -2.09. The topological polar surface area (TPSA) is 62.1 Å². The van der Waals surface area contributed by atoms with Gasteiger partial charge in [-0.3, -0.25) is 4.79 Å². The second kappa shape index (κ2) is 9.32. The molecule has 4 aromatic rings. The Morgan fingerprint density at radius 3 is 2.55 bits per heavy atom. The van der Waals surface area contributed by atoms with Gasteiger partial charge in [-0.05, 0) is 23.8 Å². The smallest absolute Gasteiger partial charge is 0.280 e. The van der Waals surface area contributed by atoms with Crippen LogP contribution in [0.3, 0.4) is 0 Å². The number of fused-ring (bicyclic) bond motifs is 2. The zero-order chi connectivity index (χ0) is 21.8. The van der Waals surface area contributed by atoms with Gasteiger partial charge in [0.15, 0.2) is 16.3 Å². The number of carbonyl (C=O) groups is 1. The van der Waals surface area contributed by atoms with Crippen LogP contribution in [-0.4, -0.2) is 37.9 Å². The fraction of sp³-hybridized carbons (Fsp3) is 0.250. The van der Waals surface area contributed by atoms with Crippen molar-refractivity contribution in [3.05, 3.63) is 65.0 Å². The molecule has 0 spiro atoms. The summed E-state index contributed by atoms with van der Waals surface area (Å²) in [5, 5.41) is 1.91. The van der Waals surface area contributed by atoms with E-state index >= 15 is 0 Å². The van der Waals surface area contributed by atoms with E-state index < -0.39 is 0 Å². The highest BCUT2D eigenvalue weighted by Crippen LogP contribution is 2.33. The van der Waals surface area contributed by atoms with Gasteiger partial charge in [0, 0.05) is 30.8 Å². The Balaban J connectivity index is 1.87. The SMILES string of the molecule is CCOCCn1c(=NC(=O)c2cccc3ccccc23)sc2cc(OC)c(OC)cc21. The second-order valence-electron chi connectivity index (χ2n) is 6.85. The number of thiazole rings is 1. The maximum atomic E-state index is 13.2. The third-order valence-electron chi connectivity index (χ3n) is 5.07. The molecule has 0 aliphatic heterocycles. The van der Waals surface area contributed by atoms with Crippen molar-refractivity contribution in [1.29, 1.82) is 0 Å². The maximum Gasteiger partial charge on any atom is 0.280 e. The Morgan fingerprint density at radius 1 is 1.03 bits per heavy atom. The van der Waals surface area contributed by atoms with Crippen LogP contribution in [0.4, 0.5) is 0 Å². The molecular weight excluding hydrogens is 412 g/mol. The van der Waals surface area contributed by atoms with Gasteiger partial charge in [0.05, 0.1) is 31.0 Å². The van der Waals surface area contributed by atoms with Crippen LogP contribution in [0.5, 0.6) is 11.5 Å². The number of rotatable bonds is 7. The Hall–Kier alpha value is -3.16. The molecule has 1 amide bonds. The first-order valence-electron chi connectivity index (χ1n) is 10.1. The van der Waals surface area contributed by atoms with Gasteiger partial charge >= 0.3 is 0 Å². The molecule has 0 N–H and O–H groups in total. The van der Waals surface area contributed by atoms with Crippen molar-refractivity contribution in [3.8, 4) is 11.5 Å². The van der Waals surface area contributed by atoms with Crippen LogP contribution in [0.25, 0.3) is 21.0 Å². The fourth-order valence-corrected chi connectivity index (χ4v) is 4.62. The third kappa shape index (κ3) is 4.19. The number of ether oxygens (including phenoxy) is 3. The molecule has 0 saturated carbocycles. The average Bonchev–Trinajstić information content (AvgIpc) is 3.13. The number of aromatic nitrogens is 1. The summed E-state index contributed by atoms with van der Waals surface area (Å²) in [4.78, 5) is 18.3. The number of methoxy groups -OCH3 is 2. The quantitative estimate of drug-likeness (QED) is 0.396. The molecule has 6 nitrogen and oxygen atoms in total. The molecule has 0 fully saturated rings. The van der Waals surface area contributed by atoms with Gasteiger partial charge in [-0.2, -0.15) is 4.99 Å². The Morgan fingerprint density at radius 2 is 1.77 bits per heavy atom. The minimum atomic E-state index is -0.271. The third-order valence-corrected chi connectivity index (χ3v) is 6.11. The average molecular weight is 437 g/mol. The number of hydrogen-bond donors (Lipinski definition) is 0. The highest BCUT2D eigenvalue weighted by atomic mass is 32.1. The normalized spacial score (nSPS) is 11.9. The van der Waals surface area contributed by atoms with E-state index in [2.05, 4.69) is 4.99 Å². The Bertz CT molecular complexity index is 1300. The van der Waals surface area contributed by atoms with Crippen molar-refractivity contribution in [2.45, 2.75) is 13.5 Å². The van der Waals surface area contributed by atoms with E-state index in [1.54, 1.807) is 14.2 Å². The minimum absolute atomic E-state index is 0.271. The summed E-state index contributed by atoms with van der Waals surface area (Å²) < 4.78 is 19.4. The first-order valence-corrected chi connectivity index (χ1v) is 10.9. The second-order valence-corrected chi connectivity index (χ2v) is 7.86. The summed E-state index contributed by atoms with van der Waals surface area (Å²) in [7, 11) is 3.21. The number of hydrogen-bond acceptors (Lipinski definition) is 5. The van der Waals surface area contributed by atoms with Crippen molar-refractivity contribution < 1.29 is 19.0 Å². The predicted molar refractivity (Wildman–Crippen MR) is 123 cm³/mol. The Kier molecular flexibility index (Phi) is 6.34. The molecule has 0 radical (unpaired) electrons. The van der Waals surface area contributed by atoms with Crippen molar-refractivity contribution >= 4 is 38.2 Å². The standard InChI is InChI=1S/C24H24N2O4S/c1-4-30-13-12-26-19-14-20(28-2)21(29-3)15-22(19)31-24(26)25-23(27)18-11-7-9-16-8-5-6-10-17(16)18/h5-11,14-15H,4,12-13H2,1-3H3. The zero-order valence-corrected chi connectivity index (χ0v) is 18.6. The zero-order valence-electron chi connectivity index (χ0n) is 17.8. The molecule has 0 atom stereocenters. The molecule has 0 bridgehead atoms. The van der Waals surface area contributed by atoms with E-state index in [1.807, 2.05) is 66.1 Å². The molecule has 0 unspecified atom stereocenters. The molecule has 160 valence electrons. The van der Waals surface area contributed by atoms with Crippen LogP contribution in [0.15, 0.2) is 59.6 Å². The van der Waals surface area contributed by atoms with Crippen LogP contribution in [0, 0.1) is 0 Å². The summed E-state index contributed by atoms with van der Waals surface area (Å²) in [5.41, 5.74) is 1.51. The van der Waals surface area contributed by atoms with Gasteiger partial charge in [-0.25, -0.2) is 0 Å². The van der Waals surface area contributed by atoms with Gasteiger partial charge in [0.1, 0.15) is 0 Å². The van der Waals surface area contributed by atoms with Gasteiger partial charge < -0.3 is 18.8 Å². The summed E-state index contributed by atoms with van der Waals surface area (Å²) in [6, 6.07) is 17.4. The predicted octanol–water partition coefficient (Wildman–Crippen LogP) is 4.65. The van der Waals surface area contributed by atoms with Crippen LogP contribution in [0.1, 0.15) is 17.3 Å². The molecule has 1 aromatic heterocycles. The number of carbonyl (C=O) groups excluding carboxylic acids is 1. The lowest BCUT2D eigenvalue weighted by atomic mass is 10.0. The molecule has 31 heavy (non-hydrogen) atoms. The van der Waals surface area contributed by atoms with Crippen molar-refractivity contribution in [2.24, 2.45) is 4.99 Å². The van der Waals surface area contributed by atoms with Crippen LogP contribution >= 0.6 is 11.3 Å². The molecule has 0 aliphatic rings. The molecule has 0 aliphatic carbocycles. The Labute approximate surface area is 184 Å². The van der Waals surface area contributed by atoms with E-state index in [1.165, 1.54) is 11.3 Å². The van der Waals surface area contributed by atoms with E-state index in [9.17, 15) is 4.79 Å². The molecule has 1 heterocycles. The molecule has 0 saturated heterocycles. The molecule has 7 heteroatoms. The van der Waals surface area contributed by atoms with E-state index in [-0.39, 0.29) is 5.91 Å². The van der Waals surface area contributed by atoms with E-state index in [4.69, 9.17) is 14.2 Å². The van der Waals surface area contributed by atoms with E-state index in [0.29, 0.717) is 41.6 Å². The molecule has 4 rings (SSSR count). The molecular formula is C24H24N2O4S. The van der Waals surface area contributed by atoms with Crippen molar-refractivity contribution in [1.82, 2.24) is 4.57 Å². The summed E-state index contributed by atoms with van der Waals surface area (Å²) in [6.07, 6.45) is 0. The lowest BCUT2D eigenvalue weighted by Crippen LogP contribution is -2.19.